The van der Waals surface area contributed by atoms with Crippen molar-refractivity contribution in [2.24, 2.45) is 0 Å². The topological polar surface area (TPSA) is 40.7 Å². The van der Waals surface area contributed by atoms with Crippen LogP contribution >= 0.6 is 15.9 Å². The van der Waals surface area contributed by atoms with Gasteiger partial charge in [0.2, 0.25) is 0 Å². The highest BCUT2D eigenvalue weighted by Gasteiger charge is 2.05. The molecule has 2 N–H and O–H groups in total. The Hall–Kier alpha value is -1.13. The number of nitrogens with one attached hydrogen (secondary N) is 2. The quantitative estimate of drug-likeness (QED) is 0.903. The van der Waals surface area contributed by atoms with E-state index in [0.29, 0.717) is 0 Å². The predicted molar refractivity (Wildman–Crippen MR) is 68.0 cm³/mol. The molecule has 1 aromatic heterocycles. The van der Waals surface area contributed by atoms with Crippen molar-refractivity contribution in [1.29, 1.82) is 0 Å². The molecule has 16 heavy (non-hydrogen) atoms. The summed E-state index contributed by atoms with van der Waals surface area (Å²) >= 11 is 3.42. The van der Waals surface area contributed by atoms with E-state index in [2.05, 4.69) is 62.6 Å². The predicted octanol–water partition coefficient (Wildman–Crippen LogP) is 3.02. The zero-order valence-electron chi connectivity index (χ0n) is 9.07. The Balaban J connectivity index is 1.90. The van der Waals surface area contributed by atoms with Crippen LogP contribution in [0.1, 0.15) is 24.2 Å². The minimum atomic E-state index is 0.283. The first-order chi connectivity index (χ1) is 7.75. The van der Waals surface area contributed by atoms with Gasteiger partial charge in [0.05, 0.1) is 5.69 Å². The molecule has 0 saturated carbocycles. The molecule has 1 atom stereocenters. The van der Waals surface area contributed by atoms with E-state index in [1.165, 1.54) is 5.56 Å². The first-order valence-electron chi connectivity index (χ1n) is 5.23. The van der Waals surface area contributed by atoms with E-state index in [1.807, 2.05) is 6.07 Å². The third-order valence-corrected chi connectivity index (χ3v) is 3.04. The first kappa shape index (κ1) is 11.4. The summed E-state index contributed by atoms with van der Waals surface area (Å²) in [7, 11) is 0. The lowest BCUT2D eigenvalue weighted by Gasteiger charge is -2.11. The number of nitrogens with zero attached hydrogens (tertiary/aromatic N) is 1. The SMILES string of the molecule is CC(NCc1ccc(Br)cc1)c1ccn[nH]1. The lowest BCUT2D eigenvalue weighted by molar-refractivity contribution is 0.560. The Morgan fingerprint density at radius 1 is 1.31 bits per heavy atom. The van der Waals surface area contributed by atoms with E-state index >= 15 is 0 Å². The van der Waals surface area contributed by atoms with E-state index in [-0.39, 0.29) is 6.04 Å². The molecule has 4 heteroatoms. The van der Waals surface area contributed by atoms with Gasteiger partial charge >= 0.3 is 0 Å². The molecular weight excluding hydrogens is 266 g/mol. The summed E-state index contributed by atoms with van der Waals surface area (Å²) < 4.78 is 1.11. The van der Waals surface area contributed by atoms with Gasteiger partial charge < -0.3 is 5.32 Å². The van der Waals surface area contributed by atoms with Gasteiger partial charge in [0.1, 0.15) is 0 Å². The normalized spacial score (nSPS) is 12.6. The molecule has 0 amide bonds. The maximum atomic E-state index is 3.94. The molecule has 0 spiro atoms. The molecule has 1 unspecified atom stereocenters. The first-order valence-corrected chi connectivity index (χ1v) is 6.02. The standard InChI is InChI=1S/C12H14BrN3/c1-9(12-6-7-15-16-12)14-8-10-2-4-11(13)5-3-10/h2-7,9,14H,8H2,1H3,(H,15,16). The Morgan fingerprint density at radius 2 is 2.06 bits per heavy atom. The van der Waals surface area contributed by atoms with Crippen LogP contribution in [0.3, 0.4) is 0 Å². The average Bonchev–Trinajstić information content (AvgIpc) is 2.81. The Labute approximate surface area is 103 Å². The second kappa shape index (κ2) is 5.27. The number of rotatable bonds is 4. The number of hydrogen-bond donors (Lipinski definition) is 2. The molecule has 0 saturated heterocycles. The van der Waals surface area contributed by atoms with Gasteiger partial charge in [-0.05, 0) is 30.7 Å². The molecule has 0 bridgehead atoms. The van der Waals surface area contributed by atoms with Gasteiger partial charge in [-0.15, -0.1) is 0 Å². The summed E-state index contributed by atoms with van der Waals surface area (Å²) in [6.45, 7) is 2.97. The summed E-state index contributed by atoms with van der Waals surface area (Å²) in [4.78, 5) is 0. The van der Waals surface area contributed by atoms with E-state index < -0.39 is 0 Å². The van der Waals surface area contributed by atoms with E-state index in [4.69, 9.17) is 0 Å². The Bertz CT molecular complexity index is 422. The fraction of sp³-hybridized carbons (Fsp3) is 0.250. The molecule has 0 aliphatic heterocycles. The van der Waals surface area contributed by atoms with Crippen LogP contribution in [0, 0.1) is 0 Å². The van der Waals surface area contributed by atoms with Crippen LogP contribution in [0.15, 0.2) is 41.0 Å². The molecule has 0 aliphatic carbocycles. The zero-order valence-corrected chi connectivity index (χ0v) is 10.7. The zero-order chi connectivity index (χ0) is 11.4. The molecule has 1 heterocycles. The highest BCUT2D eigenvalue weighted by atomic mass is 79.9. The second-order valence-electron chi connectivity index (χ2n) is 3.74. The molecule has 2 rings (SSSR count). The van der Waals surface area contributed by atoms with Crippen molar-refractivity contribution in [3.8, 4) is 0 Å². The summed E-state index contributed by atoms with van der Waals surface area (Å²) in [5.41, 5.74) is 2.38. The minimum absolute atomic E-state index is 0.283. The van der Waals surface area contributed by atoms with Gasteiger partial charge in [0, 0.05) is 23.3 Å². The highest BCUT2D eigenvalue weighted by Crippen LogP contribution is 2.12. The largest absolute Gasteiger partial charge is 0.305 e. The smallest absolute Gasteiger partial charge is 0.0518 e. The van der Waals surface area contributed by atoms with Crippen LogP contribution in [0.5, 0.6) is 0 Å². The van der Waals surface area contributed by atoms with Crippen LogP contribution in [-0.4, -0.2) is 10.2 Å². The highest BCUT2D eigenvalue weighted by molar-refractivity contribution is 9.10. The molecule has 3 nitrogen and oxygen atoms in total. The van der Waals surface area contributed by atoms with E-state index in [9.17, 15) is 0 Å². The maximum absolute atomic E-state index is 3.94. The monoisotopic (exact) mass is 279 g/mol. The second-order valence-corrected chi connectivity index (χ2v) is 4.66. The number of aromatic nitrogens is 2. The average molecular weight is 280 g/mol. The van der Waals surface area contributed by atoms with Gasteiger partial charge in [0.15, 0.2) is 0 Å². The van der Waals surface area contributed by atoms with Crippen molar-refractivity contribution < 1.29 is 0 Å². The maximum Gasteiger partial charge on any atom is 0.0518 e. The summed E-state index contributed by atoms with van der Waals surface area (Å²) in [5.74, 6) is 0. The van der Waals surface area contributed by atoms with Crippen LogP contribution < -0.4 is 5.32 Å². The third-order valence-electron chi connectivity index (χ3n) is 2.51. The van der Waals surface area contributed by atoms with Gasteiger partial charge in [-0.2, -0.15) is 5.10 Å². The lowest BCUT2D eigenvalue weighted by atomic mass is 10.2. The summed E-state index contributed by atoms with van der Waals surface area (Å²) in [5, 5.41) is 10.3. The number of halogens is 1. The number of H-pyrrole nitrogens is 1. The Kier molecular flexibility index (Phi) is 3.74. The molecule has 2 aromatic rings. The molecular formula is C12H14BrN3. The fourth-order valence-corrected chi connectivity index (χ4v) is 1.76. The fourth-order valence-electron chi connectivity index (χ4n) is 1.49. The molecule has 1 aromatic carbocycles. The summed E-state index contributed by atoms with van der Waals surface area (Å²) in [6, 6.07) is 10.6. The summed E-state index contributed by atoms with van der Waals surface area (Å²) in [6.07, 6.45) is 1.77. The van der Waals surface area contributed by atoms with Crippen LogP contribution in [-0.2, 0) is 6.54 Å². The lowest BCUT2D eigenvalue weighted by Crippen LogP contribution is -2.18. The molecule has 0 aliphatic rings. The molecule has 84 valence electrons. The Morgan fingerprint density at radius 3 is 2.69 bits per heavy atom. The number of benzene rings is 1. The van der Waals surface area contributed by atoms with Crippen molar-refractivity contribution >= 4 is 15.9 Å². The van der Waals surface area contributed by atoms with Crippen molar-refractivity contribution in [2.75, 3.05) is 0 Å². The van der Waals surface area contributed by atoms with Gasteiger partial charge in [0.25, 0.3) is 0 Å². The van der Waals surface area contributed by atoms with Gasteiger partial charge in [-0.3, -0.25) is 5.10 Å². The van der Waals surface area contributed by atoms with Crippen molar-refractivity contribution in [3.05, 3.63) is 52.3 Å². The van der Waals surface area contributed by atoms with E-state index in [0.717, 1.165) is 16.7 Å². The number of aromatic amines is 1. The minimum Gasteiger partial charge on any atom is -0.305 e. The number of hydrogen-bond acceptors (Lipinski definition) is 2. The van der Waals surface area contributed by atoms with Gasteiger partial charge in [-0.1, -0.05) is 28.1 Å². The van der Waals surface area contributed by atoms with Gasteiger partial charge in [-0.25, -0.2) is 0 Å². The van der Waals surface area contributed by atoms with Crippen LogP contribution in [0.25, 0.3) is 0 Å². The molecule has 0 fully saturated rings. The van der Waals surface area contributed by atoms with E-state index in [1.54, 1.807) is 6.20 Å². The van der Waals surface area contributed by atoms with Crippen molar-refractivity contribution in [2.45, 2.75) is 19.5 Å². The van der Waals surface area contributed by atoms with Crippen LogP contribution in [0.2, 0.25) is 0 Å². The van der Waals surface area contributed by atoms with Crippen LogP contribution in [0.4, 0.5) is 0 Å². The molecule has 0 radical (unpaired) electrons. The van der Waals surface area contributed by atoms with Crippen molar-refractivity contribution in [3.63, 3.8) is 0 Å². The van der Waals surface area contributed by atoms with Crippen molar-refractivity contribution in [1.82, 2.24) is 15.5 Å². The third kappa shape index (κ3) is 2.93.